The molecule has 3 aromatic rings. The minimum absolute atomic E-state index is 0.518. The number of benzene rings is 2. The van der Waals surface area contributed by atoms with E-state index in [0.717, 1.165) is 35.3 Å². The number of aryl methyl sites for hydroxylation is 1. The van der Waals surface area contributed by atoms with Gasteiger partial charge in [0.25, 0.3) is 0 Å². The monoisotopic (exact) mass is 266 g/mol. The van der Waals surface area contributed by atoms with Gasteiger partial charge in [0.05, 0.1) is 0 Å². The largest absolute Gasteiger partial charge is 0.382 e. The predicted molar refractivity (Wildman–Crippen MR) is 83.7 cm³/mol. The highest BCUT2D eigenvalue weighted by Gasteiger charge is 2.15. The van der Waals surface area contributed by atoms with Crippen molar-refractivity contribution in [1.29, 1.82) is 0 Å². The van der Waals surface area contributed by atoms with Crippen molar-refractivity contribution in [1.82, 2.24) is 9.66 Å². The molecule has 0 aliphatic heterocycles. The van der Waals surface area contributed by atoms with Crippen LogP contribution in [0.15, 0.2) is 42.5 Å². The number of hydrogen-bond donors (Lipinski definition) is 2. The summed E-state index contributed by atoms with van der Waals surface area (Å²) in [7, 11) is 0. The molecule has 2 aromatic carbocycles. The second kappa shape index (κ2) is 4.89. The molecule has 0 bridgehead atoms. The molecule has 3 rings (SSSR count). The maximum Gasteiger partial charge on any atom is 0.150 e. The van der Waals surface area contributed by atoms with Crippen LogP contribution in [-0.2, 0) is 6.42 Å². The normalized spacial score (nSPS) is 11.1. The molecule has 0 fully saturated rings. The highest BCUT2D eigenvalue weighted by Crippen LogP contribution is 2.31. The average Bonchev–Trinajstić information content (AvgIpc) is 2.76. The Bertz CT molecular complexity index is 753. The third kappa shape index (κ3) is 1.90. The third-order valence-corrected chi connectivity index (χ3v) is 3.54. The summed E-state index contributed by atoms with van der Waals surface area (Å²) in [5.74, 6) is 7.35. The van der Waals surface area contributed by atoms with E-state index in [1.807, 2.05) is 24.3 Å². The molecule has 0 aliphatic carbocycles. The topological polar surface area (TPSA) is 69.9 Å². The van der Waals surface area contributed by atoms with Gasteiger partial charge >= 0.3 is 0 Å². The zero-order valence-corrected chi connectivity index (χ0v) is 11.5. The van der Waals surface area contributed by atoms with Crippen molar-refractivity contribution in [2.24, 2.45) is 0 Å². The van der Waals surface area contributed by atoms with Gasteiger partial charge in [0.1, 0.15) is 11.5 Å². The van der Waals surface area contributed by atoms with Gasteiger partial charge in [-0.3, -0.25) is 0 Å². The Balaban J connectivity index is 2.23. The number of hydrogen-bond acceptors (Lipinski definition) is 3. The average molecular weight is 266 g/mol. The molecule has 4 nitrogen and oxygen atoms in total. The van der Waals surface area contributed by atoms with E-state index < -0.39 is 0 Å². The van der Waals surface area contributed by atoms with E-state index in [0.29, 0.717) is 5.82 Å². The highest BCUT2D eigenvalue weighted by molar-refractivity contribution is 5.97. The maximum absolute atomic E-state index is 6.13. The van der Waals surface area contributed by atoms with Crippen molar-refractivity contribution in [3.63, 3.8) is 0 Å². The molecule has 4 N–H and O–H groups in total. The summed E-state index contributed by atoms with van der Waals surface area (Å²) in [6, 6.07) is 14.4. The lowest BCUT2D eigenvalue weighted by Gasteiger charge is -2.05. The molecule has 1 heterocycles. The van der Waals surface area contributed by atoms with E-state index in [2.05, 4.69) is 30.1 Å². The zero-order valence-electron chi connectivity index (χ0n) is 11.5. The summed E-state index contributed by atoms with van der Waals surface area (Å²) in [5.41, 5.74) is 7.93. The van der Waals surface area contributed by atoms with Crippen LogP contribution in [0.1, 0.15) is 19.2 Å². The SMILES string of the molecule is CCCc1nc(-c2cccc3ccccc23)c(N)n1N. The molecule has 0 aliphatic rings. The molecule has 0 amide bonds. The lowest BCUT2D eigenvalue weighted by atomic mass is 10.0. The molecular weight excluding hydrogens is 248 g/mol. The molecule has 0 atom stereocenters. The van der Waals surface area contributed by atoms with Crippen molar-refractivity contribution in [3.8, 4) is 11.3 Å². The van der Waals surface area contributed by atoms with Gasteiger partial charge in [-0.2, -0.15) is 0 Å². The van der Waals surface area contributed by atoms with E-state index in [4.69, 9.17) is 11.6 Å². The van der Waals surface area contributed by atoms with Gasteiger partial charge in [0.15, 0.2) is 5.82 Å². The fourth-order valence-electron chi connectivity index (χ4n) is 2.52. The third-order valence-electron chi connectivity index (χ3n) is 3.54. The smallest absolute Gasteiger partial charge is 0.150 e. The van der Waals surface area contributed by atoms with E-state index in [9.17, 15) is 0 Å². The summed E-state index contributed by atoms with van der Waals surface area (Å²) in [6.45, 7) is 2.10. The second-order valence-electron chi connectivity index (χ2n) is 4.91. The molecule has 4 heteroatoms. The summed E-state index contributed by atoms with van der Waals surface area (Å²) in [6.07, 6.45) is 1.81. The molecule has 20 heavy (non-hydrogen) atoms. The number of aromatic nitrogens is 2. The van der Waals surface area contributed by atoms with Gasteiger partial charge in [0.2, 0.25) is 0 Å². The lowest BCUT2D eigenvalue weighted by Crippen LogP contribution is -2.15. The Morgan fingerprint density at radius 3 is 2.65 bits per heavy atom. The molecule has 0 radical (unpaired) electrons. The van der Waals surface area contributed by atoms with Crippen LogP contribution in [0.5, 0.6) is 0 Å². The Labute approximate surface area is 118 Å². The fourth-order valence-corrected chi connectivity index (χ4v) is 2.52. The Morgan fingerprint density at radius 1 is 1.10 bits per heavy atom. The van der Waals surface area contributed by atoms with Crippen LogP contribution in [0.25, 0.3) is 22.0 Å². The zero-order chi connectivity index (χ0) is 14.1. The number of imidazole rings is 1. The van der Waals surface area contributed by atoms with Crippen LogP contribution >= 0.6 is 0 Å². The van der Waals surface area contributed by atoms with Gasteiger partial charge < -0.3 is 11.6 Å². The van der Waals surface area contributed by atoms with Gasteiger partial charge in [-0.15, -0.1) is 0 Å². The summed E-state index contributed by atoms with van der Waals surface area (Å²) in [5, 5.41) is 2.32. The molecule has 0 saturated carbocycles. The van der Waals surface area contributed by atoms with Crippen molar-refractivity contribution in [3.05, 3.63) is 48.3 Å². The van der Waals surface area contributed by atoms with Crippen molar-refractivity contribution < 1.29 is 0 Å². The number of nitrogen functional groups attached to an aromatic ring is 2. The van der Waals surface area contributed by atoms with Crippen LogP contribution in [0.2, 0.25) is 0 Å². The van der Waals surface area contributed by atoms with E-state index in [1.54, 1.807) is 0 Å². The van der Waals surface area contributed by atoms with Gasteiger partial charge in [-0.1, -0.05) is 49.4 Å². The van der Waals surface area contributed by atoms with Crippen LogP contribution in [0.4, 0.5) is 5.82 Å². The van der Waals surface area contributed by atoms with E-state index in [-0.39, 0.29) is 0 Å². The van der Waals surface area contributed by atoms with Crippen LogP contribution in [0.3, 0.4) is 0 Å². The Morgan fingerprint density at radius 2 is 1.85 bits per heavy atom. The first-order chi connectivity index (χ1) is 9.72. The van der Waals surface area contributed by atoms with Gasteiger partial charge in [-0.25, -0.2) is 9.66 Å². The van der Waals surface area contributed by atoms with Gasteiger partial charge in [-0.05, 0) is 17.2 Å². The Kier molecular flexibility index (Phi) is 3.06. The molecule has 0 unspecified atom stereocenters. The van der Waals surface area contributed by atoms with E-state index in [1.165, 1.54) is 10.1 Å². The minimum atomic E-state index is 0.518. The molecule has 0 saturated heterocycles. The number of rotatable bonds is 3. The first-order valence-corrected chi connectivity index (χ1v) is 6.82. The highest BCUT2D eigenvalue weighted by atomic mass is 15.4. The van der Waals surface area contributed by atoms with Gasteiger partial charge in [0, 0.05) is 12.0 Å². The summed E-state index contributed by atoms with van der Waals surface area (Å²) < 4.78 is 1.50. The van der Waals surface area contributed by atoms with Crippen LogP contribution in [0, 0.1) is 0 Å². The first kappa shape index (κ1) is 12.5. The van der Waals surface area contributed by atoms with Crippen LogP contribution in [-0.4, -0.2) is 9.66 Å². The summed E-state index contributed by atoms with van der Waals surface area (Å²) >= 11 is 0. The first-order valence-electron chi connectivity index (χ1n) is 6.82. The van der Waals surface area contributed by atoms with E-state index >= 15 is 0 Å². The second-order valence-corrected chi connectivity index (χ2v) is 4.91. The summed E-state index contributed by atoms with van der Waals surface area (Å²) in [4.78, 5) is 4.63. The number of nitrogens with two attached hydrogens (primary N) is 2. The molecule has 102 valence electrons. The van der Waals surface area contributed by atoms with Crippen molar-refractivity contribution >= 4 is 16.6 Å². The maximum atomic E-state index is 6.13. The Hall–Kier alpha value is -2.49. The number of nitrogens with zero attached hydrogens (tertiary/aromatic N) is 2. The lowest BCUT2D eigenvalue weighted by molar-refractivity contribution is 0.794. The quantitative estimate of drug-likeness (QED) is 0.716. The molecular formula is C16H18N4. The molecule has 1 aromatic heterocycles. The molecule has 0 spiro atoms. The van der Waals surface area contributed by atoms with Crippen molar-refractivity contribution in [2.75, 3.05) is 11.6 Å². The van der Waals surface area contributed by atoms with Crippen molar-refractivity contribution in [2.45, 2.75) is 19.8 Å². The number of anilines is 1. The fraction of sp³-hybridized carbons (Fsp3) is 0.188. The minimum Gasteiger partial charge on any atom is -0.382 e. The standard InChI is InChI=1S/C16H18N4/c1-2-6-14-19-15(16(17)20(14)18)13-10-5-8-11-7-3-4-9-12(11)13/h3-5,7-10H,2,6,17-18H2,1H3. The van der Waals surface area contributed by atoms with Crippen LogP contribution < -0.4 is 11.6 Å². The predicted octanol–water partition coefficient (Wildman–Crippen LogP) is 2.95. The number of fused-ring (bicyclic) bond motifs is 1.